The molecule has 3 rings (SSSR count). The third-order valence-corrected chi connectivity index (χ3v) is 3.96. The molecule has 1 saturated heterocycles. The first-order valence-electron chi connectivity index (χ1n) is 7.98. The summed E-state index contributed by atoms with van der Waals surface area (Å²) in [6.07, 6.45) is 2.76. The van der Waals surface area contributed by atoms with Gasteiger partial charge in [0.25, 0.3) is 5.91 Å². The third-order valence-electron chi connectivity index (χ3n) is 3.96. The molecule has 3 heterocycles. The Morgan fingerprint density at radius 3 is 3.08 bits per heavy atom. The highest BCUT2D eigenvalue weighted by molar-refractivity contribution is 6.39. The summed E-state index contributed by atoms with van der Waals surface area (Å²) in [5.74, 6) is -0.442. The summed E-state index contributed by atoms with van der Waals surface area (Å²) in [5, 5.41) is 6.76. The van der Waals surface area contributed by atoms with Crippen LogP contribution in [0.2, 0.25) is 0 Å². The van der Waals surface area contributed by atoms with Gasteiger partial charge in [-0.1, -0.05) is 6.07 Å². The number of amides is 2. The summed E-state index contributed by atoms with van der Waals surface area (Å²) >= 11 is 0. The molecule has 8 heteroatoms. The number of nitrogens with one attached hydrogen (secondary N) is 2. The number of hydrogen-bond acceptors (Lipinski definition) is 6. The van der Waals surface area contributed by atoms with Crippen LogP contribution in [0.25, 0.3) is 0 Å². The number of carbonyl (C=O) groups is 2. The van der Waals surface area contributed by atoms with Crippen molar-refractivity contribution in [1.82, 2.24) is 15.7 Å². The van der Waals surface area contributed by atoms with Gasteiger partial charge >= 0.3 is 0 Å². The van der Waals surface area contributed by atoms with Crippen LogP contribution in [0.5, 0.6) is 0 Å². The third kappa shape index (κ3) is 4.36. The maximum atomic E-state index is 12.3. The molecule has 1 fully saturated rings. The van der Waals surface area contributed by atoms with Crippen LogP contribution in [-0.4, -0.2) is 47.9 Å². The minimum Gasteiger partial charge on any atom is -0.379 e. The van der Waals surface area contributed by atoms with Gasteiger partial charge in [-0.25, -0.2) is 5.43 Å². The number of nitrogens with zero attached hydrogens (tertiary/aromatic N) is 2. The van der Waals surface area contributed by atoms with Crippen LogP contribution in [0.3, 0.4) is 0 Å². The first-order chi connectivity index (χ1) is 11.7. The molecule has 0 spiro atoms. The predicted octanol–water partition coefficient (Wildman–Crippen LogP) is 0.138. The fraction of sp³-hybridized carbons (Fsp3) is 0.500. The second-order valence-corrected chi connectivity index (χ2v) is 5.71. The van der Waals surface area contributed by atoms with E-state index in [4.69, 9.17) is 9.47 Å². The lowest BCUT2D eigenvalue weighted by Gasteiger charge is -2.32. The number of pyridine rings is 1. The average Bonchev–Trinajstić information content (AvgIpc) is 2.62. The Bertz CT molecular complexity index is 620. The van der Waals surface area contributed by atoms with Gasteiger partial charge < -0.3 is 14.8 Å². The van der Waals surface area contributed by atoms with E-state index in [0.29, 0.717) is 38.4 Å². The van der Waals surface area contributed by atoms with Crippen LogP contribution in [0.1, 0.15) is 25.0 Å². The molecule has 0 unspecified atom stereocenters. The van der Waals surface area contributed by atoms with E-state index in [1.807, 2.05) is 18.2 Å². The lowest BCUT2D eigenvalue weighted by Crippen LogP contribution is -2.52. The van der Waals surface area contributed by atoms with Crippen LogP contribution in [0.4, 0.5) is 0 Å². The highest BCUT2D eigenvalue weighted by atomic mass is 16.5. The molecule has 8 nitrogen and oxygen atoms in total. The van der Waals surface area contributed by atoms with Crippen molar-refractivity contribution in [2.45, 2.75) is 38.0 Å². The van der Waals surface area contributed by atoms with Crippen molar-refractivity contribution in [3.63, 3.8) is 0 Å². The number of hydrogen-bond donors (Lipinski definition) is 2. The molecule has 1 aromatic rings. The molecule has 0 bridgehead atoms. The SMILES string of the molecule is O=C1CCC(C(=O)N[C@@H]2CCOC[C@H]2OCc2ccccn2)=NN1. The topological polar surface area (TPSA) is 102 Å². The average molecular weight is 332 g/mol. The molecule has 24 heavy (non-hydrogen) atoms. The standard InChI is InChI=1S/C16H20N4O4/c21-15-5-4-13(19-20-15)16(22)18-12-6-8-23-10-14(12)24-9-11-3-1-2-7-17-11/h1-3,7,12,14H,4-6,8-10H2,(H,18,22)(H,20,21)/t12-,14-/m1/s1. The Kier molecular flexibility index (Phi) is 5.50. The fourth-order valence-corrected chi connectivity index (χ4v) is 2.61. The molecule has 0 aliphatic carbocycles. The molecule has 0 radical (unpaired) electrons. The van der Waals surface area contributed by atoms with E-state index in [9.17, 15) is 9.59 Å². The smallest absolute Gasteiger partial charge is 0.267 e. The van der Waals surface area contributed by atoms with Crippen LogP contribution in [0, 0.1) is 0 Å². The molecule has 2 amide bonds. The first-order valence-corrected chi connectivity index (χ1v) is 7.98. The number of carbonyl (C=O) groups excluding carboxylic acids is 2. The van der Waals surface area contributed by atoms with Gasteiger partial charge in [-0.05, 0) is 18.6 Å². The normalized spacial score (nSPS) is 24.0. The summed E-state index contributed by atoms with van der Waals surface area (Å²) in [7, 11) is 0. The van der Waals surface area contributed by atoms with E-state index in [-0.39, 0.29) is 30.4 Å². The van der Waals surface area contributed by atoms with E-state index in [0.717, 1.165) is 5.69 Å². The Morgan fingerprint density at radius 2 is 2.33 bits per heavy atom. The Morgan fingerprint density at radius 1 is 1.42 bits per heavy atom. The summed E-state index contributed by atoms with van der Waals surface area (Å²) in [6, 6.07) is 5.48. The molecule has 1 aromatic heterocycles. The Balaban J connectivity index is 1.56. The predicted molar refractivity (Wildman–Crippen MR) is 85.0 cm³/mol. The van der Waals surface area contributed by atoms with Crippen LogP contribution in [-0.2, 0) is 25.7 Å². The van der Waals surface area contributed by atoms with Gasteiger partial charge in [0.05, 0.1) is 24.9 Å². The lowest BCUT2D eigenvalue weighted by atomic mass is 10.0. The van der Waals surface area contributed by atoms with Gasteiger partial charge in [0.15, 0.2) is 0 Å². The van der Waals surface area contributed by atoms with Crippen LogP contribution < -0.4 is 10.7 Å². The van der Waals surface area contributed by atoms with Gasteiger partial charge in [-0.2, -0.15) is 5.10 Å². The van der Waals surface area contributed by atoms with Gasteiger partial charge in [0.1, 0.15) is 11.8 Å². The Hall–Kier alpha value is -2.32. The number of ether oxygens (including phenoxy) is 2. The minimum absolute atomic E-state index is 0.157. The van der Waals surface area contributed by atoms with Crippen molar-refractivity contribution in [3.8, 4) is 0 Å². The summed E-state index contributed by atoms with van der Waals surface area (Å²) in [6.45, 7) is 1.34. The second-order valence-electron chi connectivity index (χ2n) is 5.71. The summed E-state index contributed by atoms with van der Waals surface area (Å²) < 4.78 is 11.3. The zero-order valence-electron chi connectivity index (χ0n) is 13.2. The molecular formula is C16H20N4O4. The zero-order valence-corrected chi connectivity index (χ0v) is 13.2. The first kappa shape index (κ1) is 16.5. The van der Waals surface area contributed by atoms with E-state index < -0.39 is 0 Å². The van der Waals surface area contributed by atoms with Crippen molar-refractivity contribution >= 4 is 17.5 Å². The minimum atomic E-state index is -0.270. The number of aromatic nitrogens is 1. The molecular weight excluding hydrogens is 312 g/mol. The largest absolute Gasteiger partial charge is 0.379 e. The van der Waals surface area contributed by atoms with Gasteiger partial charge in [0, 0.05) is 25.6 Å². The molecule has 2 aliphatic heterocycles. The van der Waals surface area contributed by atoms with Gasteiger partial charge in [-0.15, -0.1) is 0 Å². The second kappa shape index (κ2) is 7.98. The fourth-order valence-electron chi connectivity index (χ4n) is 2.61. The van der Waals surface area contributed by atoms with E-state index in [1.165, 1.54) is 0 Å². The molecule has 2 N–H and O–H groups in total. The highest BCUT2D eigenvalue weighted by Crippen LogP contribution is 2.14. The number of hydrazone groups is 1. The van der Waals surface area contributed by atoms with Gasteiger partial charge in [-0.3, -0.25) is 14.6 Å². The monoisotopic (exact) mass is 332 g/mol. The van der Waals surface area contributed by atoms with Crippen molar-refractivity contribution in [2.24, 2.45) is 5.10 Å². The highest BCUT2D eigenvalue weighted by Gasteiger charge is 2.30. The maximum absolute atomic E-state index is 12.3. The van der Waals surface area contributed by atoms with Gasteiger partial charge in [0.2, 0.25) is 5.91 Å². The molecule has 2 atom stereocenters. The molecule has 2 aliphatic rings. The van der Waals surface area contributed by atoms with Crippen LogP contribution in [0.15, 0.2) is 29.5 Å². The van der Waals surface area contributed by atoms with Crippen LogP contribution >= 0.6 is 0 Å². The molecule has 0 aromatic carbocycles. The van der Waals surface area contributed by atoms with E-state index in [2.05, 4.69) is 20.8 Å². The molecule has 0 saturated carbocycles. The maximum Gasteiger partial charge on any atom is 0.267 e. The van der Waals surface area contributed by atoms with Crippen molar-refractivity contribution in [3.05, 3.63) is 30.1 Å². The Labute approximate surface area is 139 Å². The lowest BCUT2D eigenvalue weighted by molar-refractivity contribution is -0.122. The van der Waals surface area contributed by atoms with Crippen molar-refractivity contribution in [2.75, 3.05) is 13.2 Å². The summed E-state index contributed by atoms with van der Waals surface area (Å²) in [5.41, 5.74) is 3.50. The van der Waals surface area contributed by atoms with Crippen molar-refractivity contribution < 1.29 is 19.1 Å². The molecule has 128 valence electrons. The van der Waals surface area contributed by atoms with E-state index in [1.54, 1.807) is 6.20 Å². The quantitative estimate of drug-likeness (QED) is 0.798. The van der Waals surface area contributed by atoms with Crippen molar-refractivity contribution in [1.29, 1.82) is 0 Å². The summed E-state index contributed by atoms with van der Waals surface area (Å²) in [4.78, 5) is 27.6. The number of rotatable bonds is 5. The zero-order chi connectivity index (χ0) is 16.8. The van der Waals surface area contributed by atoms with E-state index >= 15 is 0 Å².